The molecule has 100 valence electrons. The van der Waals surface area contributed by atoms with Gasteiger partial charge in [-0.1, -0.05) is 32.0 Å². The zero-order chi connectivity index (χ0) is 13.8. The van der Waals surface area contributed by atoms with Gasteiger partial charge in [-0.05, 0) is 12.1 Å². The molecule has 0 aliphatic heterocycles. The van der Waals surface area contributed by atoms with E-state index < -0.39 is 0 Å². The molecule has 1 aromatic heterocycles. The van der Waals surface area contributed by atoms with Crippen molar-refractivity contribution in [3.8, 4) is 0 Å². The van der Waals surface area contributed by atoms with Gasteiger partial charge in [-0.15, -0.1) is 0 Å². The molecule has 2 rings (SSSR count). The number of nitrogens with zero attached hydrogens (tertiary/aromatic N) is 3. The summed E-state index contributed by atoms with van der Waals surface area (Å²) >= 11 is 0. The zero-order valence-electron chi connectivity index (χ0n) is 11.7. The van der Waals surface area contributed by atoms with Crippen LogP contribution in [0.4, 0.5) is 11.4 Å². The Balaban J connectivity index is 2.39. The minimum Gasteiger partial charge on any atom is -0.342 e. The highest BCUT2D eigenvalue weighted by Gasteiger charge is 2.12. The van der Waals surface area contributed by atoms with Crippen LogP contribution in [0, 0.1) is 0 Å². The number of rotatable bonds is 4. The number of hydrogen-bond donors (Lipinski definition) is 1. The topological polar surface area (TPSA) is 55.0 Å². The molecule has 0 atom stereocenters. The molecule has 0 spiro atoms. The maximum Gasteiger partial charge on any atom is 0.131 e. The molecule has 2 aromatic rings. The van der Waals surface area contributed by atoms with E-state index in [1.807, 2.05) is 31.4 Å². The summed E-state index contributed by atoms with van der Waals surface area (Å²) in [6, 6.07) is 10.1. The van der Waals surface area contributed by atoms with Crippen molar-refractivity contribution in [3.63, 3.8) is 0 Å². The van der Waals surface area contributed by atoms with Crippen molar-refractivity contribution in [1.29, 1.82) is 0 Å². The molecule has 0 unspecified atom stereocenters. The Morgan fingerprint density at radius 1 is 1.21 bits per heavy atom. The minimum atomic E-state index is 0.307. The number of anilines is 2. The Morgan fingerprint density at radius 3 is 2.47 bits per heavy atom. The van der Waals surface area contributed by atoms with Gasteiger partial charge in [-0.3, -0.25) is 0 Å². The molecular weight excluding hydrogens is 236 g/mol. The first-order valence-corrected chi connectivity index (χ1v) is 6.48. The van der Waals surface area contributed by atoms with Gasteiger partial charge in [0.2, 0.25) is 0 Å². The number of hydrogen-bond acceptors (Lipinski definition) is 4. The first-order valence-electron chi connectivity index (χ1n) is 6.48. The van der Waals surface area contributed by atoms with Gasteiger partial charge in [0.1, 0.15) is 5.82 Å². The van der Waals surface area contributed by atoms with Crippen molar-refractivity contribution in [2.24, 2.45) is 5.73 Å². The molecule has 0 radical (unpaired) electrons. The normalized spacial score (nSPS) is 10.8. The number of benzene rings is 1. The van der Waals surface area contributed by atoms with Crippen LogP contribution >= 0.6 is 0 Å². The summed E-state index contributed by atoms with van der Waals surface area (Å²) in [6.07, 6.45) is 1.86. The summed E-state index contributed by atoms with van der Waals surface area (Å²) < 4.78 is 0. The van der Waals surface area contributed by atoms with Crippen LogP contribution in [0.15, 0.2) is 36.5 Å². The van der Waals surface area contributed by atoms with Gasteiger partial charge < -0.3 is 10.6 Å². The summed E-state index contributed by atoms with van der Waals surface area (Å²) in [7, 11) is 2.00. The van der Waals surface area contributed by atoms with Crippen LogP contribution in [0.25, 0.3) is 0 Å². The van der Waals surface area contributed by atoms with Crippen molar-refractivity contribution in [2.75, 3.05) is 11.9 Å². The predicted molar refractivity (Wildman–Crippen MR) is 78.5 cm³/mol. The van der Waals surface area contributed by atoms with Crippen molar-refractivity contribution < 1.29 is 0 Å². The highest BCUT2D eigenvalue weighted by molar-refractivity contribution is 5.63. The van der Waals surface area contributed by atoms with Gasteiger partial charge in [-0.2, -0.15) is 0 Å². The fraction of sp³-hybridized carbons (Fsp3) is 0.333. The molecular formula is C15H20N4. The van der Waals surface area contributed by atoms with E-state index in [2.05, 4.69) is 40.8 Å². The third-order valence-electron chi connectivity index (χ3n) is 3.08. The lowest BCUT2D eigenvalue weighted by atomic mass is 10.2. The van der Waals surface area contributed by atoms with E-state index in [4.69, 9.17) is 5.73 Å². The number of nitrogens with two attached hydrogens (primary N) is 1. The fourth-order valence-corrected chi connectivity index (χ4v) is 1.93. The predicted octanol–water partition coefficient (Wildman–Crippen LogP) is 2.83. The van der Waals surface area contributed by atoms with E-state index in [0.29, 0.717) is 12.5 Å². The first-order chi connectivity index (χ1) is 9.13. The van der Waals surface area contributed by atoms with E-state index in [1.54, 1.807) is 0 Å². The molecule has 0 bridgehead atoms. The average Bonchev–Trinajstić information content (AvgIpc) is 2.46. The van der Waals surface area contributed by atoms with Crippen LogP contribution in [0.5, 0.6) is 0 Å². The lowest BCUT2D eigenvalue weighted by Crippen LogP contribution is -2.16. The zero-order valence-corrected chi connectivity index (χ0v) is 11.7. The van der Waals surface area contributed by atoms with Crippen LogP contribution in [0.1, 0.15) is 31.3 Å². The Morgan fingerprint density at radius 2 is 1.89 bits per heavy atom. The molecule has 4 nitrogen and oxygen atoms in total. The Kier molecular flexibility index (Phi) is 4.12. The molecule has 0 aliphatic carbocycles. The summed E-state index contributed by atoms with van der Waals surface area (Å²) in [5, 5.41) is 0. The average molecular weight is 256 g/mol. The largest absolute Gasteiger partial charge is 0.342 e. The van der Waals surface area contributed by atoms with Crippen molar-refractivity contribution in [3.05, 3.63) is 48.0 Å². The van der Waals surface area contributed by atoms with Gasteiger partial charge in [0.25, 0.3) is 0 Å². The fourth-order valence-electron chi connectivity index (χ4n) is 1.93. The maximum atomic E-state index is 5.82. The highest BCUT2D eigenvalue weighted by atomic mass is 15.1. The van der Waals surface area contributed by atoms with Crippen LogP contribution in [-0.2, 0) is 6.54 Å². The van der Waals surface area contributed by atoms with Gasteiger partial charge in [0.05, 0.1) is 17.6 Å². The van der Waals surface area contributed by atoms with Crippen LogP contribution in [0.3, 0.4) is 0 Å². The Labute approximate surface area is 114 Å². The van der Waals surface area contributed by atoms with Gasteiger partial charge in [0.15, 0.2) is 0 Å². The second kappa shape index (κ2) is 5.80. The van der Waals surface area contributed by atoms with Gasteiger partial charge in [0, 0.05) is 25.2 Å². The number of aromatic nitrogens is 2. The molecule has 0 aliphatic rings. The molecule has 0 fully saturated rings. The highest BCUT2D eigenvalue weighted by Crippen LogP contribution is 2.25. The van der Waals surface area contributed by atoms with Crippen LogP contribution < -0.4 is 10.6 Å². The molecule has 1 heterocycles. The lowest BCUT2D eigenvalue weighted by molar-refractivity contribution is 0.754. The quantitative estimate of drug-likeness (QED) is 0.914. The lowest BCUT2D eigenvalue weighted by Gasteiger charge is -2.22. The monoisotopic (exact) mass is 256 g/mol. The van der Waals surface area contributed by atoms with Crippen molar-refractivity contribution in [2.45, 2.75) is 26.3 Å². The summed E-state index contributed by atoms with van der Waals surface area (Å²) in [4.78, 5) is 11.0. The van der Waals surface area contributed by atoms with E-state index in [0.717, 1.165) is 22.9 Å². The maximum absolute atomic E-state index is 5.82. The summed E-state index contributed by atoms with van der Waals surface area (Å²) in [5.41, 5.74) is 8.75. The molecule has 2 N–H and O–H groups in total. The Bertz CT molecular complexity index is 537. The van der Waals surface area contributed by atoms with Gasteiger partial charge >= 0.3 is 0 Å². The molecule has 4 heteroatoms. The van der Waals surface area contributed by atoms with E-state index in [9.17, 15) is 0 Å². The van der Waals surface area contributed by atoms with Gasteiger partial charge in [-0.25, -0.2) is 9.97 Å². The Hall–Kier alpha value is -1.94. The second-order valence-electron chi connectivity index (χ2n) is 4.81. The smallest absolute Gasteiger partial charge is 0.131 e. The molecule has 0 amide bonds. The number of para-hydroxylation sites is 1. The van der Waals surface area contributed by atoms with Crippen LogP contribution in [0.2, 0.25) is 0 Å². The minimum absolute atomic E-state index is 0.307. The molecule has 1 aromatic carbocycles. The van der Waals surface area contributed by atoms with Crippen molar-refractivity contribution in [1.82, 2.24) is 9.97 Å². The second-order valence-corrected chi connectivity index (χ2v) is 4.81. The molecule has 0 saturated heterocycles. The summed E-state index contributed by atoms with van der Waals surface area (Å²) in [5.74, 6) is 1.15. The molecule has 19 heavy (non-hydrogen) atoms. The first kappa shape index (κ1) is 13.5. The van der Waals surface area contributed by atoms with Crippen LogP contribution in [-0.4, -0.2) is 17.0 Å². The summed E-state index contributed by atoms with van der Waals surface area (Å²) in [6.45, 7) is 4.57. The van der Waals surface area contributed by atoms with Crippen molar-refractivity contribution >= 4 is 11.4 Å². The molecule has 0 saturated carbocycles. The SMILES string of the molecule is CC(C)c1ncc(N(C)c2ccccc2)c(CN)n1. The van der Waals surface area contributed by atoms with E-state index in [-0.39, 0.29) is 0 Å². The standard InChI is InChI=1S/C15H20N4/c1-11(2)15-17-10-14(13(9-16)18-15)19(3)12-7-5-4-6-8-12/h4-8,10-11H,9,16H2,1-3H3. The third-order valence-corrected chi connectivity index (χ3v) is 3.08. The third kappa shape index (κ3) is 2.90. The van der Waals surface area contributed by atoms with E-state index >= 15 is 0 Å². The van der Waals surface area contributed by atoms with E-state index in [1.165, 1.54) is 0 Å².